The van der Waals surface area contributed by atoms with E-state index in [2.05, 4.69) is 54.4 Å². The van der Waals surface area contributed by atoms with Crippen molar-refractivity contribution in [2.24, 2.45) is 0 Å². The van der Waals surface area contributed by atoms with Gasteiger partial charge >= 0.3 is 0 Å². The van der Waals surface area contributed by atoms with Gasteiger partial charge in [0.05, 0.1) is 6.54 Å². The lowest BCUT2D eigenvalue weighted by atomic mass is 10.1. The van der Waals surface area contributed by atoms with Gasteiger partial charge in [-0.1, -0.05) is 41.9 Å². The minimum absolute atomic E-state index is 0.395. The molecule has 0 unspecified atom stereocenters. The summed E-state index contributed by atoms with van der Waals surface area (Å²) in [6, 6.07) is 10.5. The van der Waals surface area contributed by atoms with Crippen LogP contribution in [0.1, 0.15) is 17.8 Å². The van der Waals surface area contributed by atoms with Crippen molar-refractivity contribution >= 4 is 23.1 Å². The Balaban J connectivity index is 1.58. The van der Waals surface area contributed by atoms with Crippen LogP contribution in [-0.4, -0.2) is 26.6 Å². The maximum absolute atomic E-state index is 6.07. The molecule has 0 radical (unpaired) electrons. The first-order chi connectivity index (χ1) is 12.3. The van der Waals surface area contributed by atoms with Gasteiger partial charge in [0.1, 0.15) is 17.8 Å². The minimum Gasteiger partial charge on any atom is -0.383 e. The van der Waals surface area contributed by atoms with E-state index < -0.39 is 0 Å². The van der Waals surface area contributed by atoms with E-state index in [1.54, 1.807) is 7.05 Å². The summed E-state index contributed by atoms with van der Waals surface area (Å²) in [5, 5.41) is 6.68. The molecule has 0 atom stereocenters. The smallest absolute Gasteiger partial charge is 0.157 e. The summed E-state index contributed by atoms with van der Waals surface area (Å²) >= 11 is 6.07. The van der Waals surface area contributed by atoms with Crippen molar-refractivity contribution in [1.82, 2.24) is 19.5 Å². The highest BCUT2D eigenvalue weighted by Gasteiger charge is 2.09. The van der Waals surface area contributed by atoms with Crippen molar-refractivity contribution in [2.75, 3.05) is 17.7 Å². The van der Waals surface area contributed by atoms with Crippen LogP contribution in [0.4, 0.5) is 11.5 Å². The molecular formula is C18H21ClN6. The number of halogens is 1. The van der Waals surface area contributed by atoms with Crippen molar-refractivity contribution < 1.29 is 0 Å². The van der Waals surface area contributed by atoms with Crippen LogP contribution in [-0.2, 0) is 19.5 Å². The van der Waals surface area contributed by atoms with Crippen LogP contribution in [0.15, 0.2) is 49.1 Å². The van der Waals surface area contributed by atoms with E-state index in [0.717, 1.165) is 25.2 Å². The number of rotatable bonds is 8. The van der Waals surface area contributed by atoms with Crippen LogP contribution in [0.2, 0.25) is 5.15 Å². The number of nitrogens with zero attached hydrogens (tertiary/aromatic N) is 4. The molecule has 1 aromatic carbocycles. The summed E-state index contributed by atoms with van der Waals surface area (Å²) in [7, 11) is 1.79. The summed E-state index contributed by atoms with van der Waals surface area (Å²) in [6.45, 7) is 1.50. The molecule has 0 amide bonds. The maximum atomic E-state index is 6.07. The lowest BCUT2D eigenvalue weighted by Gasteiger charge is -2.12. The van der Waals surface area contributed by atoms with Crippen LogP contribution in [0.25, 0.3) is 0 Å². The fraction of sp³-hybridized carbons (Fsp3) is 0.278. The van der Waals surface area contributed by atoms with Gasteiger partial charge < -0.3 is 15.2 Å². The highest BCUT2D eigenvalue weighted by molar-refractivity contribution is 6.32. The van der Waals surface area contributed by atoms with Crippen LogP contribution in [0.5, 0.6) is 0 Å². The highest BCUT2D eigenvalue weighted by Crippen LogP contribution is 2.25. The lowest BCUT2D eigenvalue weighted by molar-refractivity contribution is 0.615. The number of hydrogen-bond donors (Lipinski definition) is 2. The number of anilines is 2. The first-order valence-corrected chi connectivity index (χ1v) is 8.62. The van der Waals surface area contributed by atoms with Crippen molar-refractivity contribution in [3.8, 4) is 0 Å². The minimum atomic E-state index is 0.395. The number of benzene rings is 1. The second-order valence-corrected chi connectivity index (χ2v) is 5.98. The molecule has 3 rings (SSSR count). The Morgan fingerprint density at radius 1 is 1.12 bits per heavy atom. The van der Waals surface area contributed by atoms with Gasteiger partial charge in [-0.3, -0.25) is 0 Å². The van der Waals surface area contributed by atoms with E-state index in [1.807, 2.05) is 18.5 Å². The van der Waals surface area contributed by atoms with E-state index >= 15 is 0 Å². The molecule has 2 aromatic heterocycles. The lowest BCUT2D eigenvalue weighted by Crippen LogP contribution is -2.11. The molecule has 130 valence electrons. The number of imidazole rings is 1. The molecule has 0 saturated heterocycles. The van der Waals surface area contributed by atoms with Gasteiger partial charge in [-0.05, 0) is 18.4 Å². The van der Waals surface area contributed by atoms with E-state index in [9.17, 15) is 0 Å². The summed E-state index contributed by atoms with van der Waals surface area (Å²) in [6.07, 6.45) is 7.39. The molecule has 0 spiro atoms. The second kappa shape index (κ2) is 8.48. The number of aromatic nitrogens is 4. The molecule has 6 nitrogen and oxygen atoms in total. The predicted octanol–water partition coefficient (Wildman–Crippen LogP) is 3.61. The molecule has 25 heavy (non-hydrogen) atoms. The highest BCUT2D eigenvalue weighted by atomic mass is 35.5. The Bertz CT molecular complexity index is 802. The Labute approximate surface area is 152 Å². The third-order valence-electron chi connectivity index (χ3n) is 3.97. The Kier molecular flexibility index (Phi) is 5.85. The third-order valence-corrected chi connectivity index (χ3v) is 4.26. The molecular weight excluding hydrogens is 336 g/mol. The van der Waals surface area contributed by atoms with Gasteiger partial charge in [-0.15, -0.1) is 0 Å². The fourth-order valence-electron chi connectivity index (χ4n) is 2.69. The van der Waals surface area contributed by atoms with Crippen LogP contribution >= 0.6 is 11.6 Å². The molecule has 0 bridgehead atoms. The van der Waals surface area contributed by atoms with Gasteiger partial charge in [0.15, 0.2) is 11.0 Å². The third kappa shape index (κ3) is 4.48. The zero-order valence-electron chi connectivity index (χ0n) is 14.1. The van der Waals surface area contributed by atoms with E-state index in [-0.39, 0.29) is 0 Å². The summed E-state index contributed by atoms with van der Waals surface area (Å²) in [5.74, 6) is 1.63. The number of aryl methyl sites for hydroxylation is 2. The average molecular weight is 357 g/mol. The van der Waals surface area contributed by atoms with Gasteiger partial charge in [0.25, 0.3) is 0 Å². The molecule has 0 fully saturated rings. The van der Waals surface area contributed by atoms with E-state index in [1.165, 1.54) is 11.9 Å². The number of hydrogen-bond acceptors (Lipinski definition) is 5. The molecule has 0 aliphatic rings. The van der Waals surface area contributed by atoms with Crippen LogP contribution in [0, 0.1) is 0 Å². The van der Waals surface area contributed by atoms with Gasteiger partial charge in [0.2, 0.25) is 0 Å². The van der Waals surface area contributed by atoms with Gasteiger partial charge in [-0.2, -0.15) is 0 Å². The Morgan fingerprint density at radius 2 is 1.96 bits per heavy atom. The van der Waals surface area contributed by atoms with Gasteiger partial charge in [-0.25, -0.2) is 15.0 Å². The summed E-state index contributed by atoms with van der Waals surface area (Å²) < 4.78 is 2.16. The quantitative estimate of drug-likeness (QED) is 0.603. The maximum Gasteiger partial charge on any atom is 0.157 e. The summed E-state index contributed by atoms with van der Waals surface area (Å²) in [5.41, 5.74) is 2.04. The van der Waals surface area contributed by atoms with Crippen molar-refractivity contribution in [1.29, 1.82) is 0 Å². The van der Waals surface area contributed by atoms with E-state index in [4.69, 9.17) is 11.6 Å². The Morgan fingerprint density at radius 3 is 2.76 bits per heavy atom. The first-order valence-electron chi connectivity index (χ1n) is 8.24. The standard InChI is InChI=1S/C18H21ClN6/c1-20-16-17(19)23-13-24-18(16)22-12-15-21-9-11-25(15)10-5-8-14-6-3-2-4-7-14/h2-4,6-7,9,11,13,20H,5,8,10,12H2,1H3,(H,22,23,24). The average Bonchev–Trinajstić information content (AvgIpc) is 3.08. The molecule has 3 aromatic rings. The predicted molar refractivity (Wildman–Crippen MR) is 101 cm³/mol. The first kappa shape index (κ1) is 17.2. The SMILES string of the molecule is CNc1c(Cl)ncnc1NCc1nccn1CCCc1ccccc1. The normalized spacial score (nSPS) is 10.6. The van der Waals surface area contributed by atoms with Gasteiger partial charge in [0, 0.05) is 26.0 Å². The Hall–Kier alpha value is -2.60. The molecule has 0 aliphatic heterocycles. The monoisotopic (exact) mass is 356 g/mol. The largest absolute Gasteiger partial charge is 0.383 e. The summed E-state index contributed by atoms with van der Waals surface area (Å²) in [4.78, 5) is 12.6. The van der Waals surface area contributed by atoms with Crippen molar-refractivity contribution in [3.05, 3.63) is 65.6 Å². The topological polar surface area (TPSA) is 67.7 Å². The molecule has 2 N–H and O–H groups in total. The van der Waals surface area contributed by atoms with E-state index in [0.29, 0.717) is 23.2 Å². The second-order valence-electron chi connectivity index (χ2n) is 5.62. The van der Waals surface area contributed by atoms with Crippen molar-refractivity contribution in [2.45, 2.75) is 25.9 Å². The van der Waals surface area contributed by atoms with Crippen molar-refractivity contribution in [3.63, 3.8) is 0 Å². The fourth-order valence-corrected chi connectivity index (χ4v) is 2.92. The zero-order valence-corrected chi connectivity index (χ0v) is 14.9. The molecule has 0 aliphatic carbocycles. The molecule has 2 heterocycles. The van der Waals surface area contributed by atoms with Crippen LogP contribution in [0.3, 0.4) is 0 Å². The number of nitrogens with one attached hydrogen (secondary N) is 2. The molecule has 0 saturated carbocycles. The molecule has 7 heteroatoms. The van der Waals surface area contributed by atoms with Crippen LogP contribution < -0.4 is 10.6 Å². The zero-order chi connectivity index (χ0) is 17.5.